The van der Waals surface area contributed by atoms with Crippen LogP contribution in [-0.2, 0) is 6.42 Å². The van der Waals surface area contributed by atoms with Gasteiger partial charge in [0.05, 0.1) is 5.52 Å². The van der Waals surface area contributed by atoms with Crippen LogP contribution in [0.3, 0.4) is 0 Å². The number of fused-ring (bicyclic) bond motifs is 1. The Labute approximate surface area is 149 Å². The van der Waals surface area contributed by atoms with Crippen molar-refractivity contribution in [2.45, 2.75) is 6.42 Å². The number of aromatic nitrogens is 1. The molecule has 3 aromatic carbocycles. The van der Waals surface area contributed by atoms with Crippen molar-refractivity contribution in [1.82, 2.24) is 4.98 Å². The van der Waals surface area contributed by atoms with E-state index in [0.717, 1.165) is 11.1 Å². The first-order valence-corrected chi connectivity index (χ1v) is 8.25. The van der Waals surface area contributed by atoms with Crippen molar-refractivity contribution in [2.75, 3.05) is 5.32 Å². The van der Waals surface area contributed by atoms with Gasteiger partial charge < -0.3 is 9.73 Å². The number of nitrogens with one attached hydrogen (secondary N) is 2. The average Bonchev–Trinajstić information content (AvgIpc) is 3.02. The van der Waals surface area contributed by atoms with Crippen LogP contribution in [-0.4, -0.2) is 10.9 Å². The van der Waals surface area contributed by atoms with E-state index in [1.165, 1.54) is 0 Å². The molecule has 5 heteroatoms. The molecule has 0 atom stereocenters. The van der Waals surface area contributed by atoms with Gasteiger partial charge in [0.2, 0.25) is 0 Å². The van der Waals surface area contributed by atoms with E-state index in [9.17, 15) is 9.59 Å². The highest BCUT2D eigenvalue weighted by molar-refractivity contribution is 6.06. The molecule has 0 aliphatic carbocycles. The summed E-state index contributed by atoms with van der Waals surface area (Å²) in [5.74, 6) is -0.710. The monoisotopic (exact) mass is 344 g/mol. The summed E-state index contributed by atoms with van der Waals surface area (Å²) in [4.78, 5) is 26.6. The summed E-state index contributed by atoms with van der Waals surface area (Å²) in [6.07, 6.45) is 0.679. The molecule has 2 N–H and O–H groups in total. The number of aromatic amines is 1. The second-order valence-electron chi connectivity index (χ2n) is 6.00. The van der Waals surface area contributed by atoms with Crippen LogP contribution in [0.25, 0.3) is 11.1 Å². The summed E-state index contributed by atoms with van der Waals surface area (Å²) in [5.41, 5.74) is 4.31. The number of amides is 1. The van der Waals surface area contributed by atoms with Gasteiger partial charge in [-0.1, -0.05) is 48.5 Å². The topological polar surface area (TPSA) is 75.1 Å². The lowest BCUT2D eigenvalue weighted by Gasteiger charge is -2.10. The second-order valence-corrected chi connectivity index (χ2v) is 6.00. The van der Waals surface area contributed by atoms with Gasteiger partial charge >= 0.3 is 5.76 Å². The van der Waals surface area contributed by atoms with E-state index in [-0.39, 0.29) is 5.91 Å². The summed E-state index contributed by atoms with van der Waals surface area (Å²) in [5, 5.41) is 2.88. The van der Waals surface area contributed by atoms with Crippen LogP contribution in [0.2, 0.25) is 0 Å². The molecule has 0 unspecified atom stereocenters. The zero-order valence-corrected chi connectivity index (χ0v) is 13.9. The van der Waals surface area contributed by atoms with Crippen LogP contribution in [0.15, 0.2) is 82.0 Å². The van der Waals surface area contributed by atoms with Gasteiger partial charge in [-0.05, 0) is 41.8 Å². The van der Waals surface area contributed by atoms with E-state index >= 15 is 0 Å². The molecule has 0 fully saturated rings. The van der Waals surface area contributed by atoms with Crippen LogP contribution in [0, 0.1) is 0 Å². The molecule has 0 saturated carbocycles. The molecule has 0 aliphatic heterocycles. The van der Waals surface area contributed by atoms with Gasteiger partial charge in [0.15, 0.2) is 5.58 Å². The first kappa shape index (κ1) is 15.9. The van der Waals surface area contributed by atoms with Crippen molar-refractivity contribution >= 4 is 22.7 Å². The largest absolute Gasteiger partial charge is 0.417 e. The first-order chi connectivity index (χ1) is 12.7. The molecule has 1 amide bonds. The lowest BCUT2D eigenvalue weighted by Crippen LogP contribution is -2.14. The minimum atomic E-state index is -0.517. The number of rotatable bonds is 4. The number of oxazole rings is 1. The molecule has 4 aromatic rings. The van der Waals surface area contributed by atoms with Crippen LogP contribution >= 0.6 is 0 Å². The van der Waals surface area contributed by atoms with Crippen molar-refractivity contribution < 1.29 is 9.21 Å². The van der Waals surface area contributed by atoms with Gasteiger partial charge in [-0.15, -0.1) is 0 Å². The lowest BCUT2D eigenvalue weighted by atomic mass is 9.99. The molecule has 1 aromatic heterocycles. The quantitative estimate of drug-likeness (QED) is 0.588. The van der Waals surface area contributed by atoms with Gasteiger partial charge in [-0.25, -0.2) is 4.79 Å². The molecular formula is C21H16N2O3. The summed E-state index contributed by atoms with van der Waals surface area (Å²) >= 11 is 0. The van der Waals surface area contributed by atoms with E-state index in [1.807, 2.05) is 54.6 Å². The molecule has 26 heavy (non-hydrogen) atoms. The van der Waals surface area contributed by atoms with E-state index in [2.05, 4.69) is 10.3 Å². The fourth-order valence-electron chi connectivity index (χ4n) is 2.94. The number of benzene rings is 3. The molecule has 0 saturated heterocycles. The van der Waals surface area contributed by atoms with Gasteiger partial charge in [0.25, 0.3) is 5.91 Å². The highest BCUT2D eigenvalue weighted by Gasteiger charge is 2.12. The average molecular weight is 344 g/mol. The molecule has 0 aliphatic rings. The molecule has 5 nitrogen and oxygen atoms in total. The fraction of sp³-hybridized carbons (Fsp3) is 0.0476. The minimum Gasteiger partial charge on any atom is -0.408 e. The number of hydrogen-bond acceptors (Lipinski definition) is 3. The molecule has 0 spiro atoms. The predicted molar refractivity (Wildman–Crippen MR) is 100 cm³/mol. The van der Waals surface area contributed by atoms with E-state index in [1.54, 1.807) is 18.2 Å². The van der Waals surface area contributed by atoms with Crippen molar-refractivity contribution in [3.05, 3.63) is 100 Å². The Morgan fingerprint density at radius 3 is 2.58 bits per heavy atom. The van der Waals surface area contributed by atoms with E-state index in [0.29, 0.717) is 28.8 Å². The fourth-order valence-corrected chi connectivity index (χ4v) is 2.94. The van der Waals surface area contributed by atoms with Crippen molar-refractivity contribution in [3.63, 3.8) is 0 Å². The van der Waals surface area contributed by atoms with Crippen molar-refractivity contribution in [1.29, 1.82) is 0 Å². The lowest BCUT2D eigenvalue weighted by molar-refractivity contribution is 0.102. The third-order valence-electron chi connectivity index (χ3n) is 4.18. The number of anilines is 1. The molecule has 0 radical (unpaired) electrons. The van der Waals surface area contributed by atoms with Crippen LogP contribution < -0.4 is 11.1 Å². The van der Waals surface area contributed by atoms with Crippen LogP contribution in [0.4, 0.5) is 5.69 Å². The zero-order chi connectivity index (χ0) is 17.9. The zero-order valence-electron chi connectivity index (χ0n) is 13.9. The Balaban J connectivity index is 1.60. The Hall–Kier alpha value is -3.60. The second kappa shape index (κ2) is 6.72. The number of hydrogen-bond donors (Lipinski definition) is 2. The minimum absolute atomic E-state index is 0.193. The normalized spacial score (nSPS) is 10.8. The van der Waals surface area contributed by atoms with Crippen LogP contribution in [0.1, 0.15) is 21.5 Å². The molecular weight excluding hydrogens is 328 g/mol. The number of H-pyrrole nitrogens is 1. The smallest absolute Gasteiger partial charge is 0.408 e. The predicted octanol–water partition coefficient (Wildman–Crippen LogP) is 3.96. The summed E-state index contributed by atoms with van der Waals surface area (Å²) in [7, 11) is 0. The van der Waals surface area contributed by atoms with Gasteiger partial charge in [0, 0.05) is 11.3 Å². The Morgan fingerprint density at radius 2 is 1.73 bits per heavy atom. The van der Waals surface area contributed by atoms with Gasteiger partial charge in [0.1, 0.15) is 0 Å². The molecule has 128 valence electrons. The molecule has 0 bridgehead atoms. The Bertz CT molecular complexity index is 1130. The summed E-state index contributed by atoms with van der Waals surface area (Å²) in [6, 6.07) is 22.6. The van der Waals surface area contributed by atoms with Gasteiger partial charge in [-0.3, -0.25) is 9.78 Å². The Morgan fingerprint density at radius 1 is 0.962 bits per heavy atom. The SMILES string of the molecule is O=C(Nc1ccc2oc(=O)[nH]c2c1)c1ccccc1Cc1ccccc1. The third-order valence-corrected chi connectivity index (χ3v) is 4.18. The Kier molecular flexibility index (Phi) is 4.11. The maximum Gasteiger partial charge on any atom is 0.417 e. The van der Waals surface area contributed by atoms with Gasteiger partial charge in [-0.2, -0.15) is 0 Å². The summed E-state index contributed by atoms with van der Waals surface area (Å²) < 4.78 is 4.97. The van der Waals surface area contributed by atoms with Crippen LogP contribution in [0.5, 0.6) is 0 Å². The highest BCUT2D eigenvalue weighted by Crippen LogP contribution is 2.19. The highest BCUT2D eigenvalue weighted by atomic mass is 16.4. The molecule has 1 heterocycles. The standard InChI is InChI=1S/C21H16N2O3/c24-20(22-16-10-11-19-18(13-16)23-21(25)26-19)17-9-5-4-8-15(17)12-14-6-2-1-3-7-14/h1-11,13H,12H2,(H,22,24)(H,23,25). The van der Waals surface area contributed by atoms with Crippen molar-refractivity contribution in [3.8, 4) is 0 Å². The maximum atomic E-state index is 12.8. The maximum absolute atomic E-state index is 12.8. The summed E-state index contributed by atoms with van der Waals surface area (Å²) in [6.45, 7) is 0. The van der Waals surface area contributed by atoms with Crippen molar-refractivity contribution in [2.24, 2.45) is 0 Å². The molecule has 4 rings (SSSR count). The number of carbonyl (C=O) groups excluding carboxylic acids is 1. The third kappa shape index (κ3) is 3.28. The van der Waals surface area contributed by atoms with E-state index in [4.69, 9.17) is 4.42 Å². The number of carbonyl (C=O) groups is 1. The van der Waals surface area contributed by atoms with E-state index < -0.39 is 5.76 Å². The first-order valence-electron chi connectivity index (χ1n) is 8.25.